The molecule has 0 aliphatic heterocycles. The van der Waals surface area contributed by atoms with Crippen LogP contribution in [0.1, 0.15) is 39.5 Å². The van der Waals surface area contributed by atoms with Gasteiger partial charge in [0.05, 0.1) is 13.2 Å². The van der Waals surface area contributed by atoms with Crippen molar-refractivity contribution in [1.29, 1.82) is 0 Å². The second-order valence-corrected chi connectivity index (χ2v) is 4.89. The van der Waals surface area contributed by atoms with Crippen LogP contribution in [0.2, 0.25) is 0 Å². The highest BCUT2D eigenvalue weighted by Crippen LogP contribution is 2.18. The van der Waals surface area contributed by atoms with E-state index in [1.807, 2.05) is 0 Å². The van der Waals surface area contributed by atoms with E-state index in [-0.39, 0.29) is 13.2 Å². The number of nitrogens with one attached hydrogen (secondary N) is 2. The van der Waals surface area contributed by atoms with Crippen LogP contribution in [0.4, 0.5) is 0 Å². The highest BCUT2D eigenvalue weighted by atomic mass is 16.5. The Kier molecular flexibility index (Phi) is 7.34. The van der Waals surface area contributed by atoms with Gasteiger partial charge in [-0.2, -0.15) is 0 Å². The lowest BCUT2D eigenvalue weighted by Crippen LogP contribution is -2.55. The van der Waals surface area contributed by atoms with Crippen LogP contribution in [0.25, 0.3) is 0 Å². The Labute approximate surface area is 128 Å². The number of esters is 2. The third kappa shape index (κ3) is 5.34. The molecule has 2 amide bonds. The molecule has 1 rings (SSSR count). The first-order valence-electron chi connectivity index (χ1n) is 7.44. The van der Waals surface area contributed by atoms with E-state index >= 15 is 0 Å². The fourth-order valence-corrected chi connectivity index (χ4v) is 2.32. The van der Waals surface area contributed by atoms with E-state index in [4.69, 9.17) is 0 Å². The fourth-order valence-electron chi connectivity index (χ4n) is 2.32. The van der Waals surface area contributed by atoms with Gasteiger partial charge in [-0.3, -0.25) is 9.59 Å². The van der Waals surface area contributed by atoms with E-state index in [0.29, 0.717) is 12.8 Å². The van der Waals surface area contributed by atoms with Gasteiger partial charge in [-0.05, 0) is 26.7 Å². The van der Waals surface area contributed by atoms with Gasteiger partial charge in [0.15, 0.2) is 0 Å². The predicted octanol–water partition coefficient (Wildman–Crippen LogP) is -0.344. The van der Waals surface area contributed by atoms with Crippen molar-refractivity contribution in [3.05, 3.63) is 0 Å². The molecule has 8 nitrogen and oxygen atoms in total. The Hall–Kier alpha value is -2.12. The molecule has 8 heteroatoms. The highest BCUT2D eigenvalue weighted by Gasteiger charge is 2.31. The minimum atomic E-state index is -0.955. The minimum absolute atomic E-state index is 0.111. The summed E-state index contributed by atoms with van der Waals surface area (Å²) in [5.41, 5.74) is 0. The maximum Gasteiger partial charge on any atom is 0.396 e. The summed E-state index contributed by atoms with van der Waals surface area (Å²) in [7, 11) is 0. The highest BCUT2D eigenvalue weighted by molar-refractivity contribution is 6.33. The summed E-state index contributed by atoms with van der Waals surface area (Å²) in [5, 5.41) is 5.10. The van der Waals surface area contributed by atoms with Gasteiger partial charge in [-0.15, -0.1) is 0 Å². The molecule has 124 valence electrons. The van der Waals surface area contributed by atoms with Gasteiger partial charge in [0.25, 0.3) is 0 Å². The molecule has 2 atom stereocenters. The van der Waals surface area contributed by atoms with E-state index in [1.165, 1.54) is 0 Å². The largest absolute Gasteiger partial charge is 0.459 e. The smallest absolute Gasteiger partial charge is 0.396 e. The Balaban J connectivity index is 2.59. The lowest BCUT2D eigenvalue weighted by Gasteiger charge is -2.32. The van der Waals surface area contributed by atoms with Gasteiger partial charge >= 0.3 is 23.8 Å². The average Bonchev–Trinajstić information content (AvgIpc) is 2.49. The summed E-state index contributed by atoms with van der Waals surface area (Å²) in [6, 6.07) is -0.826. The van der Waals surface area contributed by atoms with E-state index < -0.39 is 35.8 Å². The number of carbonyl (C=O) groups excluding carboxylic acids is 4. The summed E-state index contributed by atoms with van der Waals surface area (Å²) in [6.07, 6.45) is 2.94. The van der Waals surface area contributed by atoms with Crippen molar-refractivity contribution >= 4 is 23.8 Å². The molecule has 1 saturated carbocycles. The number of ether oxygens (including phenoxy) is 2. The molecule has 1 aliphatic rings. The number of carbonyl (C=O) groups is 4. The van der Waals surface area contributed by atoms with Gasteiger partial charge in [0.2, 0.25) is 0 Å². The minimum Gasteiger partial charge on any atom is -0.459 e. The Bertz CT molecular complexity index is 397. The Morgan fingerprint density at radius 2 is 1.18 bits per heavy atom. The first-order chi connectivity index (χ1) is 10.5. The van der Waals surface area contributed by atoms with Gasteiger partial charge < -0.3 is 20.1 Å². The molecule has 0 spiro atoms. The maximum absolute atomic E-state index is 11.7. The molecule has 0 unspecified atom stereocenters. The van der Waals surface area contributed by atoms with Crippen molar-refractivity contribution < 1.29 is 28.7 Å². The van der Waals surface area contributed by atoms with Crippen LogP contribution in [-0.4, -0.2) is 49.1 Å². The Morgan fingerprint density at radius 1 is 0.818 bits per heavy atom. The van der Waals surface area contributed by atoms with Crippen LogP contribution in [0.15, 0.2) is 0 Å². The quantitative estimate of drug-likeness (QED) is 0.542. The lowest BCUT2D eigenvalue weighted by atomic mass is 9.90. The van der Waals surface area contributed by atoms with Gasteiger partial charge in [-0.25, -0.2) is 9.59 Å². The summed E-state index contributed by atoms with van der Waals surface area (Å²) >= 11 is 0. The van der Waals surface area contributed by atoms with Crippen LogP contribution in [0.3, 0.4) is 0 Å². The van der Waals surface area contributed by atoms with Crippen LogP contribution in [0, 0.1) is 0 Å². The SMILES string of the molecule is CCOC(=O)C(=O)N[C@H]1CCCC[C@@H]1NC(=O)C(=O)OCC. The fraction of sp³-hybridized carbons (Fsp3) is 0.714. The van der Waals surface area contributed by atoms with Crippen LogP contribution >= 0.6 is 0 Å². The molecule has 22 heavy (non-hydrogen) atoms. The van der Waals surface area contributed by atoms with E-state index in [1.54, 1.807) is 13.8 Å². The molecular weight excluding hydrogens is 292 g/mol. The molecule has 0 saturated heterocycles. The molecule has 0 heterocycles. The zero-order chi connectivity index (χ0) is 16.5. The second-order valence-electron chi connectivity index (χ2n) is 4.89. The van der Waals surface area contributed by atoms with Gasteiger partial charge in [-0.1, -0.05) is 12.8 Å². The van der Waals surface area contributed by atoms with Gasteiger partial charge in [0.1, 0.15) is 0 Å². The van der Waals surface area contributed by atoms with Crippen molar-refractivity contribution in [1.82, 2.24) is 10.6 Å². The summed E-state index contributed by atoms with van der Waals surface area (Å²) in [5.74, 6) is -3.60. The van der Waals surface area contributed by atoms with Gasteiger partial charge in [0, 0.05) is 12.1 Å². The topological polar surface area (TPSA) is 111 Å². The zero-order valence-corrected chi connectivity index (χ0v) is 12.8. The third-order valence-electron chi connectivity index (χ3n) is 3.32. The molecule has 0 bridgehead atoms. The summed E-state index contributed by atoms with van der Waals surface area (Å²) < 4.78 is 9.24. The number of hydrogen-bond donors (Lipinski definition) is 2. The lowest BCUT2D eigenvalue weighted by molar-refractivity contribution is -0.156. The van der Waals surface area contributed by atoms with Crippen LogP contribution in [0.5, 0.6) is 0 Å². The molecule has 0 aromatic rings. The first-order valence-corrected chi connectivity index (χ1v) is 7.44. The molecule has 1 aliphatic carbocycles. The van der Waals surface area contributed by atoms with Crippen molar-refractivity contribution in [2.75, 3.05) is 13.2 Å². The molecule has 2 N–H and O–H groups in total. The molecule has 0 radical (unpaired) electrons. The average molecular weight is 314 g/mol. The molecule has 1 fully saturated rings. The first kappa shape index (κ1) is 17.9. The second kappa shape index (κ2) is 9.01. The van der Waals surface area contributed by atoms with E-state index in [2.05, 4.69) is 20.1 Å². The standard InChI is InChI=1S/C14H22N2O6/c1-3-21-13(19)11(17)15-9-7-5-6-8-10(9)16-12(18)14(20)22-4-2/h9-10H,3-8H2,1-2H3,(H,15,17)(H,16,18)/t9-,10-/m0/s1. The van der Waals surface area contributed by atoms with Crippen LogP contribution in [-0.2, 0) is 28.7 Å². The summed E-state index contributed by atoms with van der Waals surface area (Å²) in [4.78, 5) is 46.0. The van der Waals surface area contributed by atoms with E-state index in [0.717, 1.165) is 12.8 Å². The van der Waals surface area contributed by atoms with Crippen molar-refractivity contribution in [2.45, 2.75) is 51.6 Å². The van der Waals surface area contributed by atoms with Crippen LogP contribution < -0.4 is 10.6 Å². The molecule has 0 aromatic carbocycles. The Morgan fingerprint density at radius 3 is 1.50 bits per heavy atom. The molecular formula is C14H22N2O6. The predicted molar refractivity (Wildman–Crippen MR) is 75.6 cm³/mol. The van der Waals surface area contributed by atoms with Crippen molar-refractivity contribution in [3.8, 4) is 0 Å². The number of rotatable bonds is 4. The monoisotopic (exact) mass is 314 g/mol. The third-order valence-corrected chi connectivity index (χ3v) is 3.32. The number of amides is 2. The van der Waals surface area contributed by atoms with Crippen molar-refractivity contribution in [2.24, 2.45) is 0 Å². The zero-order valence-electron chi connectivity index (χ0n) is 12.8. The molecule has 0 aromatic heterocycles. The van der Waals surface area contributed by atoms with Crippen molar-refractivity contribution in [3.63, 3.8) is 0 Å². The van der Waals surface area contributed by atoms with E-state index in [9.17, 15) is 19.2 Å². The maximum atomic E-state index is 11.7. The summed E-state index contributed by atoms with van der Waals surface area (Å²) in [6.45, 7) is 3.43. The number of hydrogen-bond acceptors (Lipinski definition) is 6. The normalized spacial score (nSPS) is 20.6.